The Morgan fingerprint density at radius 1 is 1.11 bits per heavy atom. The van der Waals surface area contributed by atoms with Crippen LogP contribution in [0.3, 0.4) is 0 Å². The number of urea groups is 1. The van der Waals surface area contributed by atoms with E-state index in [9.17, 15) is 9.59 Å². The zero-order chi connectivity index (χ0) is 19.4. The minimum atomic E-state index is -0.412. The Bertz CT molecular complexity index is 903. The zero-order valence-corrected chi connectivity index (χ0v) is 18.6. The van der Waals surface area contributed by atoms with Crippen LogP contribution in [0, 0.1) is 7.14 Å². The molecular weight excluding hydrogens is 570 g/mol. The smallest absolute Gasteiger partial charge is 0.329 e. The summed E-state index contributed by atoms with van der Waals surface area (Å²) in [5.74, 6) is 0.451. The molecule has 3 rings (SSSR count). The van der Waals surface area contributed by atoms with Gasteiger partial charge in [-0.1, -0.05) is 43.0 Å². The second kappa shape index (κ2) is 8.87. The molecule has 0 atom stereocenters. The topological polar surface area (TPSA) is 58.6 Å². The molecule has 7 heteroatoms. The predicted molar refractivity (Wildman–Crippen MR) is 121 cm³/mol. The number of hydrogen-bond acceptors (Lipinski definition) is 3. The van der Waals surface area contributed by atoms with Crippen LogP contribution in [0.2, 0.25) is 0 Å². The summed E-state index contributed by atoms with van der Waals surface area (Å²) in [4.78, 5) is 26.1. The van der Waals surface area contributed by atoms with E-state index < -0.39 is 6.03 Å². The van der Waals surface area contributed by atoms with Gasteiger partial charge in [-0.25, -0.2) is 4.79 Å². The highest BCUT2D eigenvalue weighted by Crippen LogP contribution is 2.30. The SMILES string of the molecule is C=CCOc1c(I)cc(/C=C2/NC(=O)N(Cc3ccccc3)C2=O)cc1I. The summed E-state index contributed by atoms with van der Waals surface area (Å²) in [6, 6.07) is 12.8. The zero-order valence-electron chi connectivity index (χ0n) is 14.2. The quantitative estimate of drug-likeness (QED) is 0.234. The maximum Gasteiger partial charge on any atom is 0.329 e. The van der Waals surface area contributed by atoms with Crippen molar-refractivity contribution in [2.24, 2.45) is 0 Å². The largest absolute Gasteiger partial charge is 0.487 e. The highest BCUT2D eigenvalue weighted by molar-refractivity contribution is 14.1. The van der Waals surface area contributed by atoms with E-state index >= 15 is 0 Å². The maximum atomic E-state index is 12.6. The first-order chi connectivity index (χ1) is 13.0. The van der Waals surface area contributed by atoms with Crippen LogP contribution in [0.1, 0.15) is 11.1 Å². The van der Waals surface area contributed by atoms with E-state index in [0.29, 0.717) is 6.61 Å². The molecule has 1 fully saturated rings. The summed E-state index contributed by atoms with van der Waals surface area (Å²) in [5.41, 5.74) is 1.98. The number of carbonyl (C=O) groups excluding carboxylic acids is 2. The summed E-state index contributed by atoms with van der Waals surface area (Å²) >= 11 is 4.38. The average molecular weight is 586 g/mol. The van der Waals surface area contributed by atoms with Crippen molar-refractivity contribution in [3.05, 3.63) is 79.1 Å². The first-order valence-electron chi connectivity index (χ1n) is 8.11. The molecular formula is C20H16I2N2O3. The number of nitrogens with one attached hydrogen (secondary N) is 1. The van der Waals surface area contributed by atoms with Gasteiger partial charge in [0.15, 0.2) is 0 Å². The van der Waals surface area contributed by atoms with Crippen molar-refractivity contribution in [1.29, 1.82) is 0 Å². The second-order valence-corrected chi connectivity index (χ2v) is 8.10. The first kappa shape index (κ1) is 19.9. The van der Waals surface area contributed by atoms with Crippen LogP contribution in [0.4, 0.5) is 4.79 Å². The number of ether oxygens (including phenoxy) is 1. The van der Waals surface area contributed by atoms with Crippen LogP contribution in [0.5, 0.6) is 5.75 Å². The molecule has 1 saturated heterocycles. The Labute approximate surface area is 184 Å². The van der Waals surface area contributed by atoms with Crippen molar-refractivity contribution in [2.75, 3.05) is 6.61 Å². The Kier molecular flexibility index (Phi) is 6.53. The molecule has 27 heavy (non-hydrogen) atoms. The van der Waals surface area contributed by atoms with E-state index in [1.54, 1.807) is 12.2 Å². The number of benzene rings is 2. The molecule has 1 aliphatic rings. The Morgan fingerprint density at radius 3 is 2.41 bits per heavy atom. The molecule has 1 heterocycles. The molecule has 5 nitrogen and oxygen atoms in total. The third-order valence-corrected chi connectivity index (χ3v) is 5.43. The van der Waals surface area contributed by atoms with Gasteiger partial charge in [-0.05, 0) is 74.5 Å². The number of nitrogens with zero attached hydrogens (tertiary/aromatic N) is 1. The molecule has 0 aromatic heterocycles. The van der Waals surface area contributed by atoms with Crippen LogP contribution in [-0.4, -0.2) is 23.4 Å². The molecule has 1 aliphatic heterocycles. The highest BCUT2D eigenvalue weighted by Gasteiger charge is 2.33. The van der Waals surface area contributed by atoms with E-state index in [1.165, 1.54) is 4.90 Å². The normalized spacial score (nSPS) is 15.2. The predicted octanol–water partition coefficient (Wildman–Crippen LogP) is 4.55. The van der Waals surface area contributed by atoms with Crippen LogP contribution in [-0.2, 0) is 11.3 Å². The molecule has 2 aromatic carbocycles. The lowest BCUT2D eigenvalue weighted by Gasteiger charge is -2.11. The average Bonchev–Trinajstić information content (AvgIpc) is 2.89. The highest BCUT2D eigenvalue weighted by atomic mass is 127. The molecule has 0 unspecified atom stereocenters. The fourth-order valence-electron chi connectivity index (χ4n) is 2.59. The monoisotopic (exact) mass is 586 g/mol. The van der Waals surface area contributed by atoms with Crippen molar-refractivity contribution in [1.82, 2.24) is 10.2 Å². The molecule has 0 spiro atoms. The van der Waals surface area contributed by atoms with Crippen molar-refractivity contribution < 1.29 is 14.3 Å². The number of halogens is 2. The fraction of sp³-hybridized carbons (Fsp3) is 0.100. The first-order valence-corrected chi connectivity index (χ1v) is 10.3. The van der Waals surface area contributed by atoms with Gasteiger partial charge in [-0.15, -0.1) is 0 Å². The third-order valence-electron chi connectivity index (χ3n) is 3.82. The van der Waals surface area contributed by atoms with Gasteiger partial charge in [-0.3, -0.25) is 9.69 Å². The van der Waals surface area contributed by atoms with Crippen molar-refractivity contribution in [2.45, 2.75) is 6.54 Å². The standard InChI is InChI=1S/C20H16I2N2O3/c1-2-8-27-18-15(21)9-14(10-16(18)22)11-17-19(25)24(20(26)23-17)12-13-6-4-3-5-7-13/h2-7,9-11H,1,8,12H2,(H,23,26)/b17-11+. The molecule has 1 N–H and O–H groups in total. The minimum Gasteiger partial charge on any atom is -0.487 e. The Hall–Kier alpha value is -1.88. The van der Waals surface area contributed by atoms with Crippen molar-refractivity contribution in [3.8, 4) is 5.75 Å². The van der Waals surface area contributed by atoms with Crippen LogP contribution >= 0.6 is 45.2 Å². The summed E-state index contributed by atoms with van der Waals surface area (Å²) < 4.78 is 7.51. The van der Waals surface area contributed by atoms with Gasteiger partial charge in [0.2, 0.25) is 0 Å². The van der Waals surface area contributed by atoms with Crippen LogP contribution in [0.15, 0.2) is 60.8 Å². The molecule has 0 saturated carbocycles. The summed E-state index contributed by atoms with van der Waals surface area (Å²) in [6.07, 6.45) is 3.38. The van der Waals surface area contributed by atoms with E-state index in [2.05, 4.69) is 57.1 Å². The molecule has 0 aliphatic carbocycles. The summed E-state index contributed by atoms with van der Waals surface area (Å²) in [7, 11) is 0. The van der Waals surface area contributed by atoms with Gasteiger partial charge >= 0.3 is 6.03 Å². The summed E-state index contributed by atoms with van der Waals surface area (Å²) in [6.45, 7) is 4.32. The number of carbonyl (C=O) groups is 2. The third kappa shape index (κ3) is 4.70. The van der Waals surface area contributed by atoms with E-state index in [1.807, 2.05) is 42.5 Å². The van der Waals surface area contributed by atoms with Crippen molar-refractivity contribution >= 4 is 63.2 Å². The van der Waals surface area contributed by atoms with E-state index in [0.717, 1.165) is 24.0 Å². The van der Waals surface area contributed by atoms with E-state index in [4.69, 9.17) is 4.74 Å². The molecule has 2 aromatic rings. The van der Waals surface area contributed by atoms with Gasteiger partial charge < -0.3 is 10.1 Å². The van der Waals surface area contributed by atoms with Crippen LogP contribution in [0.25, 0.3) is 6.08 Å². The number of imide groups is 1. The second-order valence-electron chi connectivity index (χ2n) is 5.78. The number of rotatable bonds is 6. The van der Waals surface area contributed by atoms with Gasteiger partial charge in [0, 0.05) is 0 Å². The van der Waals surface area contributed by atoms with Crippen molar-refractivity contribution in [3.63, 3.8) is 0 Å². The fourth-order valence-corrected chi connectivity index (χ4v) is 4.72. The minimum absolute atomic E-state index is 0.242. The van der Waals surface area contributed by atoms with Gasteiger partial charge in [0.1, 0.15) is 18.1 Å². The number of amides is 3. The van der Waals surface area contributed by atoms with Gasteiger partial charge in [0.25, 0.3) is 5.91 Å². The van der Waals surface area contributed by atoms with Crippen LogP contribution < -0.4 is 10.1 Å². The number of hydrogen-bond donors (Lipinski definition) is 1. The lowest BCUT2D eigenvalue weighted by Crippen LogP contribution is -2.30. The maximum absolute atomic E-state index is 12.6. The van der Waals surface area contributed by atoms with Gasteiger partial charge in [-0.2, -0.15) is 0 Å². The van der Waals surface area contributed by atoms with Gasteiger partial charge in [0.05, 0.1) is 13.7 Å². The molecule has 0 radical (unpaired) electrons. The molecule has 138 valence electrons. The lowest BCUT2D eigenvalue weighted by atomic mass is 10.1. The van der Waals surface area contributed by atoms with E-state index in [-0.39, 0.29) is 18.1 Å². The molecule has 3 amide bonds. The summed E-state index contributed by atoms with van der Waals surface area (Å²) in [5, 5.41) is 2.66. The molecule has 0 bridgehead atoms. The lowest BCUT2D eigenvalue weighted by molar-refractivity contribution is -0.123. The Morgan fingerprint density at radius 2 is 1.78 bits per heavy atom. The Balaban J connectivity index is 1.82.